The Balaban J connectivity index is 0. The monoisotopic (exact) mass is 1070 g/mol. The number of esters is 4. The van der Waals surface area contributed by atoms with Gasteiger partial charge in [-0.15, -0.1) is 0 Å². The van der Waals surface area contributed by atoms with Crippen LogP contribution in [0.1, 0.15) is 225 Å². The number of nitrogens with zero attached hydrogens (tertiary/aromatic N) is 2. The van der Waals surface area contributed by atoms with E-state index >= 15 is 0 Å². The van der Waals surface area contributed by atoms with Crippen molar-refractivity contribution in [2.45, 2.75) is 237 Å². The third kappa shape index (κ3) is 58.6. The van der Waals surface area contributed by atoms with Crippen LogP contribution in [0.15, 0.2) is 24.3 Å². The largest absolute Gasteiger partial charge is 0.469 e. The molecule has 0 bridgehead atoms. The first-order chi connectivity index (χ1) is 36.5. The van der Waals surface area contributed by atoms with Crippen molar-refractivity contribution < 1.29 is 57.1 Å². The van der Waals surface area contributed by atoms with E-state index in [4.69, 9.17) is 18.9 Å². The van der Waals surface area contributed by atoms with E-state index in [0.717, 1.165) is 155 Å². The summed E-state index contributed by atoms with van der Waals surface area (Å²) in [6.45, 7) is 6.04. The summed E-state index contributed by atoms with van der Waals surface area (Å²) < 4.78 is 42.2. The van der Waals surface area contributed by atoms with Crippen LogP contribution in [0.2, 0.25) is 0 Å². The van der Waals surface area contributed by atoms with E-state index in [1.807, 2.05) is 0 Å². The SMILES string of the molecule is COC(=O)CCCCC/C=C\CCCCCCCCOCC(COCCCCCCC(=O)OC)N(C)C.COC(=O)CCCCC/C=C\CCCCCCCCOCC(COCCCCCCCC(=O)OC)N(C)C. The van der Waals surface area contributed by atoms with Gasteiger partial charge in [-0.25, -0.2) is 0 Å². The molecule has 0 aliphatic rings. The molecule has 0 rings (SSSR count). The molecule has 2 atom stereocenters. The van der Waals surface area contributed by atoms with Gasteiger partial charge in [-0.1, -0.05) is 121 Å². The number of methoxy groups -OCH3 is 4. The zero-order chi connectivity index (χ0) is 55.5. The molecule has 0 spiro atoms. The first kappa shape index (κ1) is 74.2. The van der Waals surface area contributed by atoms with Crippen LogP contribution >= 0.6 is 0 Å². The van der Waals surface area contributed by atoms with Crippen LogP contribution in [0.25, 0.3) is 0 Å². The molecule has 0 aromatic rings. The first-order valence-electron chi connectivity index (χ1n) is 29.7. The van der Waals surface area contributed by atoms with Crippen molar-refractivity contribution >= 4 is 23.9 Å². The van der Waals surface area contributed by atoms with E-state index < -0.39 is 0 Å². The second-order valence-electron chi connectivity index (χ2n) is 20.5. The Morgan fingerprint density at radius 1 is 0.293 bits per heavy atom. The molecule has 2 unspecified atom stereocenters. The minimum absolute atomic E-state index is 0.100. The maximum atomic E-state index is 11.1. The number of rotatable bonds is 55. The lowest BCUT2D eigenvalue weighted by molar-refractivity contribution is -0.141. The van der Waals surface area contributed by atoms with E-state index in [0.29, 0.717) is 51.5 Å². The van der Waals surface area contributed by atoms with Crippen molar-refractivity contribution in [3.63, 3.8) is 0 Å². The third-order valence-corrected chi connectivity index (χ3v) is 13.4. The number of ether oxygens (including phenoxy) is 8. The van der Waals surface area contributed by atoms with Crippen LogP contribution in [0.5, 0.6) is 0 Å². The summed E-state index contributed by atoms with van der Waals surface area (Å²) in [5.74, 6) is -0.436. The molecule has 75 heavy (non-hydrogen) atoms. The Morgan fingerprint density at radius 2 is 0.480 bits per heavy atom. The summed E-state index contributed by atoms with van der Waals surface area (Å²) in [4.78, 5) is 48.6. The highest BCUT2D eigenvalue weighted by Crippen LogP contribution is 2.13. The molecule has 0 amide bonds. The predicted molar refractivity (Wildman–Crippen MR) is 306 cm³/mol. The van der Waals surface area contributed by atoms with Gasteiger partial charge in [0.25, 0.3) is 0 Å². The second-order valence-corrected chi connectivity index (χ2v) is 20.5. The Labute approximate surface area is 459 Å². The molecule has 0 aromatic carbocycles. The molecule has 0 aromatic heterocycles. The standard InChI is InChI=1S/C31H59NO6.C30H57NO6/c1-32(2)29(28-38-26-22-18-14-16-20-24-31(34)36-4)27-37-25-21-17-13-11-9-7-5-6-8-10-12-15-19-23-30(33)35-3;1-31(2)28(27-37-25-21-17-15-19-23-30(33)35-4)26-36-24-20-16-13-11-9-7-5-6-8-10-12-14-18-22-29(32)34-3/h6,8,29H,5,7,9-28H2,1-4H3;6,8,28H,5,7,9-27H2,1-4H3/b2*8-6-. The fraction of sp³-hybridized carbons (Fsp3) is 0.869. The molecule has 0 aliphatic carbocycles. The molecule has 0 fully saturated rings. The lowest BCUT2D eigenvalue weighted by Crippen LogP contribution is -2.37. The summed E-state index contributed by atoms with van der Waals surface area (Å²) in [7, 11) is 14.1. The maximum absolute atomic E-state index is 11.1. The van der Waals surface area contributed by atoms with Gasteiger partial charge in [0.2, 0.25) is 0 Å². The van der Waals surface area contributed by atoms with Crippen molar-refractivity contribution in [2.24, 2.45) is 0 Å². The predicted octanol–water partition coefficient (Wildman–Crippen LogP) is 13.4. The fourth-order valence-corrected chi connectivity index (χ4v) is 8.04. The van der Waals surface area contributed by atoms with E-state index in [-0.39, 0.29) is 29.9 Å². The first-order valence-corrected chi connectivity index (χ1v) is 29.7. The van der Waals surface area contributed by atoms with Crippen LogP contribution in [0.3, 0.4) is 0 Å². The highest BCUT2D eigenvalue weighted by atomic mass is 16.5. The number of allylic oxidation sites excluding steroid dienone is 4. The molecule has 14 heteroatoms. The quantitative estimate of drug-likeness (QED) is 0.0246. The number of hydrogen-bond acceptors (Lipinski definition) is 14. The van der Waals surface area contributed by atoms with Crippen LogP contribution in [-0.2, 0) is 57.1 Å². The average molecular weight is 1070 g/mol. The molecule has 0 saturated carbocycles. The van der Waals surface area contributed by atoms with Crippen molar-refractivity contribution in [2.75, 3.05) is 109 Å². The topological polar surface area (TPSA) is 149 Å². The van der Waals surface area contributed by atoms with Gasteiger partial charge in [0.1, 0.15) is 0 Å². The van der Waals surface area contributed by atoms with Crippen LogP contribution in [0, 0.1) is 0 Å². The Bertz CT molecular complexity index is 1310. The fourth-order valence-electron chi connectivity index (χ4n) is 8.04. The van der Waals surface area contributed by atoms with Gasteiger partial charge in [-0.2, -0.15) is 0 Å². The molecule has 0 heterocycles. The minimum Gasteiger partial charge on any atom is -0.469 e. The second kappa shape index (κ2) is 60.4. The van der Waals surface area contributed by atoms with Gasteiger partial charge < -0.3 is 47.7 Å². The highest BCUT2D eigenvalue weighted by Gasteiger charge is 2.13. The van der Waals surface area contributed by atoms with Crippen LogP contribution < -0.4 is 0 Å². The van der Waals surface area contributed by atoms with Crippen LogP contribution in [0.4, 0.5) is 0 Å². The number of likely N-dealkylation sites (N-methyl/N-ethyl adjacent to an activating group) is 2. The van der Waals surface area contributed by atoms with Crippen molar-refractivity contribution in [1.29, 1.82) is 0 Å². The summed E-state index contributed by atoms with van der Waals surface area (Å²) >= 11 is 0. The average Bonchev–Trinajstić information content (AvgIpc) is 3.40. The van der Waals surface area contributed by atoms with Crippen molar-refractivity contribution in [3.05, 3.63) is 24.3 Å². The van der Waals surface area contributed by atoms with Crippen molar-refractivity contribution in [3.8, 4) is 0 Å². The molecule has 0 N–H and O–H groups in total. The number of carbonyl (C=O) groups excluding carboxylic acids is 4. The van der Waals surface area contributed by atoms with Gasteiger partial charge in [-0.05, 0) is 131 Å². The van der Waals surface area contributed by atoms with E-state index in [1.54, 1.807) is 0 Å². The summed E-state index contributed by atoms with van der Waals surface area (Å²) in [5.41, 5.74) is 0. The highest BCUT2D eigenvalue weighted by molar-refractivity contribution is 5.69. The van der Waals surface area contributed by atoms with Gasteiger partial charge in [-0.3, -0.25) is 19.2 Å². The van der Waals surface area contributed by atoms with E-state index in [1.165, 1.54) is 105 Å². The molecule has 0 aliphatic heterocycles. The lowest BCUT2D eigenvalue weighted by atomic mass is 10.1. The molecule has 0 radical (unpaired) electrons. The smallest absolute Gasteiger partial charge is 0.305 e. The Kier molecular flexibility index (Phi) is 59.7. The molecule has 14 nitrogen and oxygen atoms in total. The lowest BCUT2D eigenvalue weighted by Gasteiger charge is -2.24. The zero-order valence-electron chi connectivity index (χ0n) is 49.7. The maximum Gasteiger partial charge on any atom is 0.305 e. The molecule has 0 saturated heterocycles. The minimum atomic E-state index is -0.123. The van der Waals surface area contributed by atoms with Gasteiger partial charge in [0.05, 0.1) is 67.0 Å². The molecular formula is C61H116N2O12. The summed E-state index contributed by atoms with van der Waals surface area (Å²) in [6.07, 6.45) is 46.7. The van der Waals surface area contributed by atoms with E-state index in [2.05, 4.69) is 81.2 Å². The van der Waals surface area contributed by atoms with E-state index in [9.17, 15) is 19.2 Å². The number of unbranched alkanes of at least 4 members (excludes halogenated alkanes) is 25. The van der Waals surface area contributed by atoms with Gasteiger partial charge in [0.15, 0.2) is 0 Å². The number of carbonyl (C=O) groups is 4. The van der Waals surface area contributed by atoms with Gasteiger partial charge >= 0.3 is 23.9 Å². The Morgan fingerprint density at radius 3 is 0.693 bits per heavy atom. The third-order valence-electron chi connectivity index (χ3n) is 13.4. The molecule has 442 valence electrons. The summed E-state index contributed by atoms with van der Waals surface area (Å²) in [6, 6.07) is 0.579. The zero-order valence-corrected chi connectivity index (χ0v) is 49.7. The Hall–Kier alpha value is -2.88. The summed E-state index contributed by atoms with van der Waals surface area (Å²) in [5, 5.41) is 0. The normalized spacial score (nSPS) is 12.3. The molecular weight excluding hydrogens is 953 g/mol. The van der Waals surface area contributed by atoms with Gasteiger partial charge in [0, 0.05) is 52.1 Å². The number of hydrogen-bond donors (Lipinski definition) is 0. The van der Waals surface area contributed by atoms with Crippen LogP contribution in [-0.4, -0.2) is 155 Å². The van der Waals surface area contributed by atoms with Crippen molar-refractivity contribution in [1.82, 2.24) is 9.80 Å².